The molecular formula is C13H20ClNO3. The van der Waals surface area contributed by atoms with Crippen LogP contribution in [0, 0.1) is 0 Å². The van der Waals surface area contributed by atoms with Gasteiger partial charge in [-0.3, -0.25) is 4.79 Å². The summed E-state index contributed by atoms with van der Waals surface area (Å²) in [6, 6.07) is 3.02. The predicted molar refractivity (Wildman–Crippen MR) is 70.8 cm³/mol. The molecule has 0 aliphatic carbocycles. The average Bonchev–Trinajstić information content (AvgIpc) is 2.74. The van der Waals surface area contributed by atoms with Gasteiger partial charge in [0.15, 0.2) is 11.0 Å². The van der Waals surface area contributed by atoms with Gasteiger partial charge in [-0.2, -0.15) is 0 Å². The fourth-order valence-corrected chi connectivity index (χ4v) is 2.15. The van der Waals surface area contributed by atoms with Crippen molar-refractivity contribution in [2.24, 2.45) is 0 Å². The van der Waals surface area contributed by atoms with E-state index in [1.54, 1.807) is 0 Å². The molecule has 0 saturated carbocycles. The van der Waals surface area contributed by atoms with Gasteiger partial charge in [-0.25, -0.2) is 0 Å². The first-order valence-corrected chi connectivity index (χ1v) is 6.64. The molecule has 0 aliphatic rings. The summed E-state index contributed by atoms with van der Waals surface area (Å²) in [6.45, 7) is 4.25. The Bertz CT molecular complexity index is 383. The maximum atomic E-state index is 11.7. The van der Waals surface area contributed by atoms with Crippen molar-refractivity contribution in [3.63, 3.8) is 0 Å². The van der Waals surface area contributed by atoms with Gasteiger partial charge < -0.3 is 14.8 Å². The zero-order chi connectivity index (χ0) is 13.6. The van der Waals surface area contributed by atoms with E-state index in [4.69, 9.17) is 16.0 Å². The fraction of sp³-hybridized carbons (Fsp3) is 0.615. The molecule has 1 rings (SSSR count). The standard InChI is InChI=1S/C13H20ClNO3/c1-3-7-13(17,8-4-2)9-15-12(16)10-5-6-11(14)18-10/h5-6,17H,3-4,7-9H2,1-2H3,(H,15,16). The first kappa shape index (κ1) is 15.1. The SMILES string of the molecule is CCCC(O)(CCC)CNC(=O)c1ccc(Cl)o1. The van der Waals surface area contributed by atoms with Crippen molar-refractivity contribution in [1.82, 2.24) is 5.32 Å². The number of carbonyl (C=O) groups excluding carboxylic acids is 1. The highest BCUT2D eigenvalue weighted by Gasteiger charge is 2.26. The van der Waals surface area contributed by atoms with E-state index in [-0.39, 0.29) is 23.4 Å². The summed E-state index contributed by atoms with van der Waals surface area (Å²) < 4.78 is 5.00. The molecular weight excluding hydrogens is 254 g/mol. The summed E-state index contributed by atoms with van der Waals surface area (Å²) in [6.07, 6.45) is 3.08. The van der Waals surface area contributed by atoms with E-state index in [9.17, 15) is 9.90 Å². The minimum absolute atomic E-state index is 0.162. The Labute approximate surface area is 112 Å². The topological polar surface area (TPSA) is 62.5 Å². The summed E-state index contributed by atoms with van der Waals surface area (Å²) in [5.41, 5.74) is -0.838. The van der Waals surface area contributed by atoms with E-state index in [1.165, 1.54) is 12.1 Å². The predicted octanol–water partition coefficient (Wildman–Crippen LogP) is 2.99. The van der Waals surface area contributed by atoms with Gasteiger partial charge in [-0.1, -0.05) is 26.7 Å². The molecule has 1 heterocycles. The number of halogens is 1. The van der Waals surface area contributed by atoms with Crippen LogP contribution in [0.4, 0.5) is 0 Å². The highest BCUT2D eigenvalue weighted by molar-refractivity contribution is 6.29. The molecule has 1 aromatic rings. The second kappa shape index (κ2) is 6.81. The number of rotatable bonds is 7. The lowest BCUT2D eigenvalue weighted by molar-refractivity contribution is 0.0210. The van der Waals surface area contributed by atoms with Gasteiger partial charge in [0.25, 0.3) is 5.91 Å². The van der Waals surface area contributed by atoms with E-state index in [1.807, 2.05) is 13.8 Å². The van der Waals surface area contributed by atoms with E-state index in [2.05, 4.69) is 5.32 Å². The minimum Gasteiger partial charge on any atom is -0.440 e. The molecule has 5 heteroatoms. The number of furan rings is 1. The first-order chi connectivity index (χ1) is 8.50. The minimum atomic E-state index is -0.838. The van der Waals surface area contributed by atoms with Crippen molar-refractivity contribution in [3.8, 4) is 0 Å². The monoisotopic (exact) mass is 273 g/mol. The van der Waals surface area contributed by atoms with Crippen LogP contribution in [-0.2, 0) is 0 Å². The van der Waals surface area contributed by atoms with Crippen LogP contribution in [0.1, 0.15) is 50.1 Å². The zero-order valence-corrected chi connectivity index (χ0v) is 11.6. The number of hydrogen-bond acceptors (Lipinski definition) is 3. The molecule has 0 aliphatic heterocycles. The Balaban J connectivity index is 2.54. The van der Waals surface area contributed by atoms with Gasteiger partial charge >= 0.3 is 0 Å². The molecule has 0 unspecified atom stereocenters. The van der Waals surface area contributed by atoms with Crippen LogP contribution in [0.3, 0.4) is 0 Å². The van der Waals surface area contributed by atoms with E-state index < -0.39 is 5.60 Å². The van der Waals surface area contributed by atoms with Gasteiger partial charge in [0.2, 0.25) is 0 Å². The van der Waals surface area contributed by atoms with E-state index in [0.29, 0.717) is 12.8 Å². The highest BCUT2D eigenvalue weighted by Crippen LogP contribution is 2.19. The summed E-state index contributed by atoms with van der Waals surface area (Å²) in [7, 11) is 0. The number of hydrogen-bond donors (Lipinski definition) is 2. The van der Waals surface area contributed by atoms with Crippen LogP contribution >= 0.6 is 11.6 Å². The first-order valence-electron chi connectivity index (χ1n) is 6.26. The lowest BCUT2D eigenvalue weighted by Crippen LogP contribution is -2.42. The van der Waals surface area contributed by atoms with Crippen LogP contribution < -0.4 is 5.32 Å². The maximum absolute atomic E-state index is 11.7. The van der Waals surface area contributed by atoms with Crippen molar-refractivity contribution < 1.29 is 14.3 Å². The van der Waals surface area contributed by atoms with Crippen molar-refractivity contribution in [2.45, 2.75) is 45.1 Å². The molecule has 102 valence electrons. The summed E-state index contributed by atoms with van der Waals surface area (Å²) in [5, 5.41) is 13.2. The van der Waals surface area contributed by atoms with Crippen LogP contribution in [0.2, 0.25) is 5.22 Å². The van der Waals surface area contributed by atoms with Crippen molar-refractivity contribution >= 4 is 17.5 Å². The third-order valence-corrected chi connectivity index (χ3v) is 3.01. The van der Waals surface area contributed by atoms with Gasteiger partial charge in [-0.05, 0) is 36.6 Å². The molecule has 0 atom stereocenters. The molecule has 1 amide bonds. The highest BCUT2D eigenvalue weighted by atomic mass is 35.5. The number of amides is 1. The van der Waals surface area contributed by atoms with Crippen LogP contribution in [0.15, 0.2) is 16.5 Å². The molecule has 4 nitrogen and oxygen atoms in total. The number of aliphatic hydroxyl groups is 1. The number of carbonyl (C=O) groups is 1. The largest absolute Gasteiger partial charge is 0.440 e. The van der Waals surface area contributed by atoms with E-state index >= 15 is 0 Å². The summed E-state index contributed by atoms with van der Waals surface area (Å²) in [5.74, 6) is -0.192. The third kappa shape index (κ3) is 4.35. The van der Waals surface area contributed by atoms with Crippen molar-refractivity contribution in [3.05, 3.63) is 23.1 Å². The Kier molecular flexibility index (Phi) is 5.69. The molecule has 0 aromatic carbocycles. The normalized spacial score (nSPS) is 11.6. The van der Waals surface area contributed by atoms with Crippen LogP contribution in [0.5, 0.6) is 0 Å². The summed E-state index contributed by atoms with van der Waals surface area (Å²) >= 11 is 5.60. The molecule has 1 aromatic heterocycles. The van der Waals surface area contributed by atoms with Crippen molar-refractivity contribution in [2.75, 3.05) is 6.54 Å². The second-order valence-corrected chi connectivity index (χ2v) is 4.88. The zero-order valence-electron chi connectivity index (χ0n) is 10.8. The Hall–Kier alpha value is -1.00. The lowest BCUT2D eigenvalue weighted by atomic mass is 9.92. The number of nitrogens with one attached hydrogen (secondary N) is 1. The maximum Gasteiger partial charge on any atom is 0.287 e. The van der Waals surface area contributed by atoms with Crippen molar-refractivity contribution in [1.29, 1.82) is 0 Å². The quantitative estimate of drug-likeness (QED) is 0.803. The Morgan fingerprint density at radius 2 is 2.00 bits per heavy atom. The molecule has 0 radical (unpaired) electrons. The van der Waals surface area contributed by atoms with Crippen LogP contribution in [-0.4, -0.2) is 23.2 Å². The molecule has 0 bridgehead atoms. The van der Waals surface area contributed by atoms with Crippen LogP contribution in [0.25, 0.3) is 0 Å². The van der Waals surface area contributed by atoms with E-state index in [0.717, 1.165) is 12.8 Å². The summed E-state index contributed by atoms with van der Waals surface area (Å²) in [4.78, 5) is 11.7. The Morgan fingerprint density at radius 1 is 1.39 bits per heavy atom. The van der Waals surface area contributed by atoms with Gasteiger partial charge in [0.05, 0.1) is 5.60 Å². The van der Waals surface area contributed by atoms with Gasteiger partial charge in [0, 0.05) is 6.54 Å². The lowest BCUT2D eigenvalue weighted by Gasteiger charge is -2.27. The molecule has 0 spiro atoms. The van der Waals surface area contributed by atoms with Gasteiger partial charge in [0.1, 0.15) is 0 Å². The fourth-order valence-electron chi connectivity index (χ4n) is 2.00. The molecule has 0 saturated heterocycles. The third-order valence-electron chi connectivity index (χ3n) is 2.81. The second-order valence-electron chi connectivity index (χ2n) is 4.51. The Morgan fingerprint density at radius 3 is 2.44 bits per heavy atom. The molecule has 2 N–H and O–H groups in total. The average molecular weight is 274 g/mol. The van der Waals surface area contributed by atoms with Gasteiger partial charge in [-0.15, -0.1) is 0 Å². The molecule has 0 fully saturated rings. The smallest absolute Gasteiger partial charge is 0.287 e. The molecule has 18 heavy (non-hydrogen) atoms.